The van der Waals surface area contributed by atoms with E-state index in [1.165, 1.54) is 0 Å². The average Bonchev–Trinajstić information content (AvgIpc) is 2.78. The first-order valence-corrected chi connectivity index (χ1v) is 5.42. The highest BCUT2D eigenvalue weighted by molar-refractivity contribution is 5.21. The summed E-state index contributed by atoms with van der Waals surface area (Å²) in [6.07, 6.45) is 3.62. The van der Waals surface area contributed by atoms with Crippen LogP contribution in [0.15, 0.2) is 42.7 Å². The summed E-state index contributed by atoms with van der Waals surface area (Å²) in [7, 11) is 1.93. The zero-order valence-corrected chi connectivity index (χ0v) is 9.71. The summed E-state index contributed by atoms with van der Waals surface area (Å²) in [4.78, 5) is 4.24. The summed E-state index contributed by atoms with van der Waals surface area (Å²) in [5.74, 6) is 7.19. The monoisotopic (exact) mass is 232 g/mol. The molecule has 0 aliphatic heterocycles. The van der Waals surface area contributed by atoms with E-state index in [1.54, 1.807) is 6.20 Å². The molecule has 0 saturated heterocycles. The second kappa shape index (κ2) is 5.47. The molecule has 5 heteroatoms. The first-order valence-electron chi connectivity index (χ1n) is 5.42. The van der Waals surface area contributed by atoms with Gasteiger partial charge in [-0.1, -0.05) is 18.2 Å². The number of hydrogen-bond acceptors (Lipinski definition) is 4. The van der Waals surface area contributed by atoms with Crippen molar-refractivity contribution in [2.24, 2.45) is 12.9 Å². The summed E-state index contributed by atoms with van der Waals surface area (Å²) in [5, 5.41) is 0. The average molecular weight is 232 g/mol. The summed E-state index contributed by atoms with van der Waals surface area (Å²) >= 11 is 0. The molecule has 0 amide bonds. The highest BCUT2D eigenvalue weighted by atomic mass is 16.5. The van der Waals surface area contributed by atoms with Gasteiger partial charge in [-0.05, 0) is 12.1 Å². The molecule has 1 aromatic heterocycles. The van der Waals surface area contributed by atoms with Crippen LogP contribution in [-0.2, 0) is 7.05 Å². The van der Waals surface area contributed by atoms with Gasteiger partial charge in [0.05, 0.1) is 0 Å². The van der Waals surface area contributed by atoms with Crippen LogP contribution in [-0.4, -0.2) is 16.2 Å². The Morgan fingerprint density at radius 2 is 2.18 bits per heavy atom. The molecule has 0 bridgehead atoms. The fourth-order valence-corrected chi connectivity index (χ4v) is 1.61. The lowest BCUT2D eigenvalue weighted by molar-refractivity contribution is 0.259. The highest BCUT2D eigenvalue weighted by Crippen LogP contribution is 2.13. The van der Waals surface area contributed by atoms with Crippen molar-refractivity contribution in [3.05, 3.63) is 48.5 Å². The van der Waals surface area contributed by atoms with E-state index in [9.17, 15) is 0 Å². The van der Waals surface area contributed by atoms with E-state index < -0.39 is 0 Å². The van der Waals surface area contributed by atoms with Gasteiger partial charge >= 0.3 is 0 Å². The summed E-state index contributed by atoms with van der Waals surface area (Å²) in [6, 6.07) is 9.50. The number of ether oxygens (including phenoxy) is 1. The molecule has 17 heavy (non-hydrogen) atoms. The van der Waals surface area contributed by atoms with Crippen molar-refractivity contribution in [3.8, 4) is 5.75 Å². The number of aromatic nitrogens is 2. The van der Waals surface area contributed by atoms with Crippen LogP contribution < -0.4 is 16.0 Å². The third-order valence-electron chi connectivity index (χ3n) is 2.53. The van der Waals surface area contributed by atoms with Gasteiger partial charge in [-0.3, -0.25) is 5.84 Å². The van der Waals surface area contributed by atoms with E-state index in [0.717, 1.165) is 11.6 Å². The van der Waals surface area contributed by atoms with Crippen molar-refractivity contribution in [2.45, 2.75) is 6.04 Å². The molecule has 1 heterocycles. The number of imidazole rings is 1. The minimum atomic E-state index is -0.129. The van der Waals surface area contributed by atoms with E-state index in [4.69, 9.17) is 10.6 Å². The summed E-state index contributed by atoms with van der Waals surface area (Å²) < 4.78 is 7.56. The van der Waals surface area contributed by atoms with Gasteiger partial charge in [0.25, 0.3) is 0 Å². The minimum absolute atomic E-state index is 0.129. The van der Waals surface area contributed by atoms with Crippen LogP contribution >= 0.6 is 0 Å². The Bertz CT molecular complexity index is 455. The van der Waals surface area contributed by atoms with E-state index in [1.807, 2.05) is 48.1 Å². The van der Waals surface area contributed by atoms with Crippen LogP contribution in [0.25, 0.3) is 0 Å². The van der Waals surface area contributed by atoms with Crippen molar-refractivity contribution in [1.29, 1.82) is 0 Å². The zero-order valence-electron chi connectivity index (χ0n) is 9.71. The molecule has 3 N–H and O–H groups in total. The highest BCUT2D eigenvalue weighted by Gasteiger charge is 2.14. The van der Waals surface area contributed by atoms with Gasteiger partial charge in [-0.15, -0.1) is 0 Å². The number of rotatable bonds is 5. The third-order valence-corrected chi connectivity index (χ3v) is 2.53. The maximum atomic E-state index is 5.64. The quantitative estimate of drug-likeness (QED) is 0.596. The fraction of sp³-hybridized carbons (Fsp3) is 0.250. The predicted octanol–water partition coefficient (Wildman–Crippen LogP) is 1.00. The maximum absolute atomic E-state index is 5.64. The number of hydrogen-bond donors (Lipinski definition) is 2. The molecular weight excluding hydrogens is 216 g/mol. The largest absolute Gasteiger partial charge is 0.491 e. The molecule has 0 radical (unpaired) electrons. The molecule has 1 atom stereocenters. The molecule has 1 aromatic carbocycles. The van der Waals surface area contributed by atoms with Gasteiger partial charge in [-0.2, -0.15) is 0 Å². The predicted molar refractivity (Wildman–Crippen MR) is 65.2 cm³/mol. The Morgan fingerprint density at radius 3 is 2.76 bits per heavy atom. The third kappa shape index (κ3) is 2.83. The number of nitrogens with two attached hydrogens (primary N) is 1. The summed E-state index contributed by atoms with van der Waals surface area (Å²) in [5.41, 5.74) is 2.71. The molecule has 1 unspecified atom stereocenters. The van der Waals surface area contributed by atoms with Gasteiger partial charge in [0.15, 0.2) is 0 Å². The van der Waals surface area contributed by atoms with Crippen LogP contribution in [0.1, 0.15) is 11.9 Å². The lowest BCUT2D eigenvalue weighted by atomic mass is 10.3. The lowest BCUT2D eigenvalue weighted by Gasteiger charge is -2.16. The number of nitrogens with one attached hydrogen (secondary N) is 1. The lowest BCUT2D eigenvalue weighted by Crippen LogP contribution is -2.34. The van der Waals surface area contributed by atoms with Gasteiger partial charge in [0.2, 0.25) is 0 Å². The van der Waals surface area contributed by atoms with Crippen molar-refractivity contribution in [1.82, 2.24) is 15.0 Å². The van der Waals surface area contributed by atoms with E-state index in [0.29, 0.717) is 6.61 Å². The van der Waals surface area contributed by atoms with Gasteiger partial charge in [-0.25, -0.2) is 10.4 Å². The van der Waals surface area contributed by atoms with Crippen LogP contribution in [0.5, 0.6) is 5.75 Å². The van der Waals surface area contributed by atoms with Crippen molar-refractivity contribution >= 4 is 0 Å². The Kier molecular flexibility index (Phi) is 3.74. The topological polar surface area (TPSA) is 65.1 Å². The molecule has 0 fully saturated rings. The Balaban J connectivity index is 2.00. The standard InChI is InChI=1S/C12H16N4O/c1-16-8-7-14-12(16)11(15-13)9-17-10-5-3-2-4-6-10/h2-8,11,15H,9,13H2,1H3. The Hall–Kier alpha value is -1.85. The molecular formula is C12H16N4O. The SMILES string of the molecule is Cn1ccnc1C(COc1ccccc1)NN. The molecule has 0 saturated carbocycles. The molecule has 90 valence electrons. The van der Waals surface area contributed by atoms with Crippen LogP contribution in [0.4, 0.5) is 0 Å². The first kappa shape index (κ1) is 11.6. The van der Waals surface area contributed by atoms with E-state index >= 15 is 0 Å². The van der Waals surface area contributed by atoms with Crippen LogP contribution in [0.2, 0.25) is 0 Å². The fourth-order valence-electron chi connectivity index (χ4n) is 1.61. The number of aryl methyl sites for hydroxylation is 1. The number of benzene rings is 1. The van der Waals surface area contributed by atoms with Crippen molar-refractivity contribution in [2.75, 3.05) is 6.61 Å². The van der Waals surface area contributed by atoms with E-state index in [-0.39, 0.29) is 6.04 Å². The molecule has 0 spiro atoms. The molecule has 5 nitrogen and oxygen atoms in total. The number of nitrogens with zero attached hydrogens (tertiary/aromatic N) is 2. The minimum Gasteiger partial charge on any atom is -0.491 e. The Morgan fingerprint density at radius 1 is 1.41 bits per heavy atom. The normalized spacial score (nSPS) is 12.4. The van der Waals surface area contributed by atoms with Crippen molar-refractivity contribution < 1.29 is 4.74 Å². The first-order chi connectivity index (χ1) is 8.31. The molecule has 2 rings (SSSR count). The molecule has 0 aliphatic rings. The Labute approximate surface area is 100 Å². The second-order valence-electron chi connectivity index (χ2n) is 3.74. The van der Waals surface area contributed by atoms with E-state index in [2.05, 4.69) is 10.4 Å². The van der Waals surface area contributed by atoms with Gasteiger partial charge in [0.1, 0.15) is 24.2 Å². The smallest absolute Gasteiger partial charge is 0.130 e. The van der Waals surface area contributed by atoms with Crippen LogP contribution in [0.3, 0.4) is 0 Å². The van der Waals surface area contributed by atoms with Crippen molar-refractivity contribution in [3.63, 3.8) is 0 Å². The summed E-state index contributed by atoms with van der Waals surface area (Å²) in [6.45, 7) is 0.436. The van der Waals surface area contributed by atoms with Gasteiger partial charge < -0.3 is 9.30 Å². The number of hydrazine groups is 1. The van der Waals surface area contributed by atoms with Crippen LogP contribution in [0, 0.1) is 0 Å². The second-order valence-corrected chi connectivity index (χ2v) is 3.74. The van der Waals surface area contributed by atoms with Gasteiger partial charge in [0, 0.05) is 19.4 Å². The number of para-hydroxylation sites is 1. The maximum Gasteiger partial charge on any atom is 0.130 e. The zero-order chi connectivity index (χ0) is 12.1. The molecule has 2 aromatic rings. The molecule has 0 aliphatic carbocycles.